The molecule has 0 heterocycles. The van der Waals surface area contributed by atoms with Gasteiger partial charge >= 0.3 is 0 Å². The van der Waals surface area contributed by atoms with Crippen LogP contribution < -0.4 is 19.5 Å². The largest absolute Gasteiger partial charge is 0.493 e. The van der Waals surface area contributed by atoms with Crippen molar-refractivity contribution >= 4 is 11.6 Å². The summed E-state index contributed by atoms with van der Waals surface area (Å²) in [6.45, 7) is 5.60. The second-order valence-electron chi connectivity index (χ2n) is 5.86. The summed E-state index contributed by atoms with van der Waals surface area (Å²) in [6.07, 6.45) is 2.60. The highest BCUT2D eigenvalue weighted by Gasteiger charge is 2.24. The molecule has 0 fully saturated rings. The molecule has 0 atom stereocenters. The number of unbranched alkanes of at least 4 members (excludes halogenated alkanes) is 1. The van der Waals surface area contributed by atoms with Crippen LogP contribution >= 0.6 is 0 Å². The molecule has 7 heteroatoms. The summed E-state index contributed by atoms with van der Waals surface area (Å²) in [4.78, 5) is 11.9. The van der Waals surface area contributed by atoms with Gasteiger partial charge in [-0.25, -0.2) is 4.39 Å². The quantitative estimate of drug-likeness (QED) is 0.485. The molecule has 0 spiro atoms. The number of halogens is 2. The summed E-state index contributed by atoms with van der Waals surface area (Å²) in [5, 5.41) is 2.65. The summed E-state index contributed by atoms with van der Waals surface area (Å²) in [5.74, 6) is -2.26. The van der Waals surface area contributed by atoms with Gasteiger partial charge in [0.1, 0.15) is 0 Å². The molecular formula is C21H23F2NO4. The summed E-state index contributed by atoms with van der Waals surface area (Å²) in [6, 6.07) is 5.55. The second kappa shape index (κ2) is 9.73. The highest BCUT2D eigenvalue weighted by Crippen LogP contribution is 2.47. The van der Waals surface area contributed by atoms with E-state index in [9.17, 15) is 13.6 Å². The molecule has 0 aliphatic rings. The van der Waals surface area contributed by atoms with Crippen molar-refractivity contribution in [3.63, 3.8) is 0 Å². The summed E-state index contributed by atoms with van der Waals surface area (Å²) in [7, 11) is 2.87. The normalized spacial score (nSPS) is 10.3. The zero-order valence-corrected chi connectivity index (χ0v) is 16.1. The molecule has 1 N–H and O–H groups in total. The highest BCUT2D eigenvalue weighted by atomic mass is 19.2. The van der Waals surface area contributed by atoms with E-state index in [4.69, 9.17) is 14.2 Å². The van der Waals surface area contributed by atoms with E-state index >= 15 is 0 Å². The molecule has 0 saturated heterocycles. The van der Waals surface area contributed by atoms with E-state index in [2.05, 4.69) is 11.9 Å². The average molecular weight is 391 g/mol. The number of rotatable bonds is 9. The van der Waals surface area contributed by atoms with Crippen molar-refractivity contribution in [2.45, 2.75) is 19.8 Å². The third-order valence-electron chi connectivity index (χ3n) is 4.05. The van der Waals surface area contributed by atoms with E-state index in [1.54, 1.807) is 12.1 Å². The predicted molar refractivity (Wildman–Crippen MR) is 104 cm³/mol. The number of nitrogens with one attached hydrogen (secondary N) is 1. The molecule has 2 aromatic carbocycles. The minimum Gasteiger partial charge on any atom is -0.493 e. The molecule has 0 aromatic heterocycles. The van der Waals surface area contributed by atoms with Crippen molar-refractivity contribution in [1.82, 2.24) is 0 Å². The number of hydrogen-bond donors (Lipinski definition) is 1. The summed E-state index contributed by atoms with van der Waals surface area (Å²) >= 11 is 0. The molecule has 0 unspecified atom stereocenters. The molecular weight excluding hydrogens is 368 g/mol. The van der Waals surface area contributed by atoms with Gasteiger partial charge in [-0.15, -0.1) is 0 Å². The fraction of sp³-hybridized carbons (Fsp3) is 0.286. The van der Waals surface area contributed by atoms with E-state index in [-0.39, 0.29) is 23.7 Å². The molecule has 0 bridgehead atoms. The maximum Gasteiger partial charge on any atom is 0.247 e. The van der Waals surface area contributed by atoms with Gasteiger partial charge in [0, 0.05) is 5.56 Å². The Balaban J connectivity index is 2.75. The molecule has 2 rings (SSSR count). The van der Waals surface area contributed by atoms with Gasteiger partial charge in [-0.3, -0.25) is 4.79 Å². The van der Waals surface area contributed by atoms with Crippen molar-refractivity contribution < 1.29 is 27.8 Å². The van der Waals surface area contributed by atoms with Crippen LogP contribution in [0, 0.1) is 11.6 Å². The topological polar surface area (TPSA) is 56.8 Å². The van der Waals surface area contributed by atoms with Gasteiger partial charge < -0.3 is 19.5 Å². The first-order chi connectivity index (χ1) is 13.5. The van der Waals surface area contributed by atoms with Crippen molar-refractivity contribution in [1.29, 1.82) is 0 Å². The van der Waals surface area contributed by atoms with Gasteiger partial charge in [0.25, 0.3) is 0 Å². The number of hydrogen-bond acceptors (Lipinski definition) is 4. The monoisotopic (exact) mass is 391 g/mol. The standard InChI is InChI=1S/C21H23F2NO4/c1-5-7-12-28-20-13(8-9-14(22)19(20)23)18-15(24-17(25)6-2)10-11-16(26-3)21(18)27-4/h6,8-11H,2,5,7,12H2,1,3-4H3,(H,24,25). The Kier molecular flexibility index (Phi) is 7.37. The molecule has 2 aromatic rings. The van der Waals surface area contributed by atoms with E-state index in [1.807, 2.05) is 6.92 Å². The number of methoxy groups -OCH3 is 2. The highest BCUT2D eigenvalue weighted by molar-refractivity contribution is 6.03. The smallest absolute Gasteiger partial charge is 0.247 e. The average Bonchev–Trinajstić information content (AvgIpc) is 2.71. The lowest BCUT2D eigenvalue weighted by Gasteiger charge is -2.20. The van der Waals surface area contributed by atoms with Gasteiger partial charge in [-0.2, -0.15) is 4.39 Å². The van der Waals surface area contributed by atoms with E-state index in [1.165, 1.54) is 20.3 Å². The fourth-order valence-corrected chi connectivity index (χ4v) is 2.67. The lowest BCUT2D eigenvalue weighted by Crippen LogP contribution is -2.10. The third-order valence-corrected chi connectivity index (χ3v) is 4.05. The molecule has 5 nitrogen and oxygen atoms in total. The number of amides is 1. The Labute approximate surface area is 162 Å². The zero-order chi connectivity index (χ0) is 20.7. The van der Waals surface area contributed by atoms with Crippen molar-refractivity contribution in [2.75, 3.05) is 26.1 Å². The number of anilines is 1. The van der Waals surface area contributed by atoms with E-state index in [0.717, 1.165) is 18.6 Å². The number of benzene rings is 2. The maximum absolute atomic E-state index is 14.6. The summed E-state index contributed by atoms with van der Waals surface area (Å²) < 4.78 is 44.8. The Morgan fingerprint density at radius 1 is 1.14 bits per heavy atom. The van der Waals surface area contributed by atoms with Crippen molar-refractivity contribution in [3.8, 4) is 28.4 Å². The number of carbonyl (C=O) groups excluding carboxylic acids is 1. The Hall–Kier alpha value is -3.09. The third kappa shape index (κ3) is 4.42. The predicted octanol–water partition coefficient (Wildman–Crippen LogP) is 4.95. The van der Waals surface area contributed by atoms with Gasteiger partial charge in [0.15, 0.2) is 23.1 Å². The molecule has 0 aliphatic heterocycles. The van der Waals surface area contributed by atoms with Crippen molar-refractivity contribution in [3.05, 3.63) is 48.6 Å². The second-order valence-corrected chi connectivity index (χ2v) is 5.86. The molecule has 0 aliphatic carbocycles. The molecule has 1 amide bonds. The summed E-state index contributed by atoms with van der Waals surface area (Å²) in [5.41, 5.74) is 0.849. The van der Waals surface area contributed by atoms with Crippen LogP contribution in [0.4, 0.5) is 14.5 Å². The molecule has 0 saturated carbocycles. The first kappa shape index (κ1) is 21.2. The first-order valence-corrected chi connectivity index (χ1v) is 8.78. The molecule has 150 valence electrons. The van der Waals surface area contributed by atoms with E-state index < -0.39 is 17.5 Å². The Morgan fingerprint density at radius 3 is 2.50 bits per heavy atom. The molecule has 28 heavy (non-hydrogen) atoms. The minimum atomic E-state index is -1.11. The van der Waals surface area contributed by atoms with Crippen LogP contribution in [-0.2, 0) is 4.79 Å². The Morgan fingerprint density at radius 2 is 1.89 bits per heavy atom. The van der Waals surface area contributed by atoms with Crippen LogP contribution in [-0.4, -0.2) is 26.7 Å². The van der Waals surface area contributed by atoms with Crippen LogP contribution in [0.25, 0.3) is 11.1 Å². The van der Waals surface area contributed by atoms with Crippen LogP contribution in [0.3, 0.4) is 0 Å². The number of carbonyl (C=O) groups is 1. The van der Waals surface area contributed by atoms with Crippen LogP contribution in [0.2, 0.25) is 0 Å². The van der Waals surface area contributed by atoms with Gasteiger partial charge in [0.2, 0.25) is 11.7 Å². The first-order valence-electron chi connectivity index (χ1n) is 8.78. The maximum atomic E-state index is 14.6. The fourth-order valence-electron chi connectivity index (χ4n) is 2.67. The SMILES string of the molecule is C=CC(=O)Nc1ccc(OC)c(OC)c1-c1ccc(F)c(F)c1OCCCC. The van der Waals surface area contributed by atoms with E-state index in [0.29, 0.717) is 23.4 Å². The van der Waals surface area contributed by atoms with Gasteiger partial charge in [-0.05, 0) is 36.8 Å². The van der Waals surface area contributed by atoms with Crippen molar-refractivity contribution in [2.24, 2.45) is 0 Å². The van der Waals surface area contributed by atoms with Gasteiger partial charge in [0.05, 0.1) is 32.1 Å². The van der Waals surface area contributed by atoms with Gasteiger partial charge in [-0.1, -0.05) is 19.9 Å². The molecule has 0 radical (unpaired) electrons. The van der Waals surface area contributed by atoms with Crippen LogP contribution in [0.1, 0.15) is 19.8 Å². The van der Waals surface area contributed by atoms with Crippen LogP contribution in [0.5, 0.6) is 17.2 Å². The lowest BCUT2D eigenvalue weighted by molar-refractivity contribution is -0.111. The Bertz CT molecular complexity index is 868. The minimum absolute atomic E-state index is 0.213. The lowest BCUT2D eigenvalue weighted by atomic mass is 9.99. The zero-order valence-electron chi connectivity index (χ0n) is 16.1. The number of ether oxygens (including phenoxy) is 3. The van der Waals surface area contributed by atoms with Crippen LogP contribution in [0.15, 0.2) is 36.9 Å².